The molecule has 1 aliphatic carbocycles. The number of rotatable bonds is 10. The van der Waals surface area contributed by atoms with Crippen LogP contribution in [0, 0.1) is 0 Å². The molecule has 6 aromatic carbocycles. The fourth-order valence-corrected chi connectivity index (χ4v) is 6.92. The fraction of sp³-hybridized carbons (Fsp3) is 0.0889. The van der Waals surface area contributed by atoms with Gasteiger partial charge in [0.2, 0.25) is 11.9 Å². The van der Waals surface area contributed by atoms with Gasteiger partial charge in [-0.15, -0.1) is 20.5 Å². The lowest BCUT2D eigenvalue weighted by Crippen LogP contribution is -2.06. The first-order valence-electron chi connectivity index (χ1n) is 18.7. The third-order valence-electron chi connectivity index (χ3n) is 9.72. The van der Waals surface area contributed by atoms with Gasteiger partial charge in [-0.1, -0.05) is 84.9 Å². The summed E-state index contributed by atoms with van der Waals surface area (Å²) in [6, 6.07) is 47.1. The van der Waals surface area contributed by atoms with Crippen molar-refractivity contribution >= 4 is 62.8 Å². The molecular weight excluding hydrogens is 725 g/mol. The van der Waals surface area contributed by atoms with Crippen molar-refractivity contribution in [3.05, 3.63) is 168 Å². The second kappa shape index (κ2) is 15.7. The number of imidazole rings is 2. The predicted octanol–water partition coefficient (Wildman–Crippen LogP) is 10.8. The van der Waals surface area contributed by atoms with Gasteiger partial charge in [-0.25, -0.2) is 20.8 Å². The number of anilines is 2. The minimum atomic E-state index is -0.0577. The Morgan fingerprint density at radius 3 is 1.38 bits per heavy atom. The molecule has 0 bridgehead atoms. The molecule has 9 rings (SSSR count). The normalized spacial score (nSPS) is 12.9. The molecule has 0 atom stereocenters. The Kier molecular flexibility index (Phi) is 9.66. The number of azo groups is 2. The van der Waals surface area contributed by atoms with Crippen molar-refractivity contribution in [3.8, 4) is 11.1 Å². The molecule has 0 spiro atoms. The van der Waals surface area contributed by atoms with E-state index >= 15 is 0 Å². The van der Waals surface area contributed by atoms with Gasteiger partial charge in [-0.05, 0) is 96.8 Å². The number of ketones is 1. The standard InChI is InChI=1S/C45H36N12O/c1-29(50-54-44-46-39-17-9-11-19-41(39)56(44)27-31-13-5-3-6-14-31)48-52-33-21-23-35-37(25-33)38-26-34(22-24-36(38)43(35)58)53-49-30(2)51-55-45-47-40-18-10-12-20-42(40)57(45)28-32-15-7-4-8-16-32/h3-26H,27-28H2,1-2H3,(H,46,54)(H,47,55)/b50-29+,51-30+,52-48?,53-49?. The van der Waals surface area contributed by atoms with Crippen molar-refractivity contribution in [2.75, 3.05) is 10.9 Å². The SMILES string of the molecule is C/C(N=Nc1ccc2c(c1)-c1cc(N=N/C(C)=N/Nc3nc4ccccc4n3Cc3ccccc3)ccc1C2=O)=N\Nc1nc2ccccc2n1Cc1ccccc1. The Morgan fingerprint density at radius 2 is 0.931 bits per heavy atom. The third-order valence-corrected chi connectivity index (χ3v) is 9.72. The maximum absolute atomic E-state index is 13.3. The van der Waals surface area contributed by atoms with E-state index in [0.29, 0.717) is 59.2 Å². The van der Waals surface area contributed by atoms with Crippen LogP contribution in [0.15, 0.2) is 176 Å². The highest BCUT2D eigenvalue weighted by molar-refractivity contribution is 6.22. The number of carbonyl (C=O) groups excluding carboxylic acids is 1. The van der Waals surface area contributed by atoms with E-state index in [1.165, 1.54) is 0 Å². The number of carbonyl (C=O) groups is 1. The van der Waals surface area contributed by atoms with Crippen LogP contribution >= 0.6 is 0 Å². The average molecular weight is 761 g/mol. The zero-order valence-corrected chi connectivity index (χ0v) is 31.7. The summed E-state index contributed by atoms with van der Waals surface area (Å²) in [5.74, 6) is 1.93. The minimum Gasteiger partial charge on any atom is -0.304 e. The van der Waals surface area contributed by atoms with Crippen LogP contribution in [0.25, 0.3) is 33.2 Å². The van der Waals surface area contributed by atoms with E-state index in [-0.39, 0.29) is 5.78 Å². The Labute approximate surface area is 333 Å². The molecule has 0 amide bonds. The molecule has 282 valence electrons. The Morgan fingerprint density at radius 1 is 0.517 bits per heavy atom. The fourth-order valence-electron chi connectivity index (χ4n) is 6.92. The number of fused-ring (bicyclic) bond motifs is 5. The molecule has 0 radical (unpaired) electrons. The van der Waals surface area contributed by atoms with Gasteiger partial charge in [0.15, 0.2) is 17.5 Å². The van der Waals surface area contributed by atoms with E-state index in [4.69, 9.17) is 9.97 Å². The quantitative estimate of drug-likeness (QED) is 0.0615. The highest BCUT2D eigenvalue weighted by Gasteiger charge is 2.27. The van der Waals surface area contributed by atoms with Gasteiger partial charge < -0.3 is 9.13 Å². The van der Waals surface area contributed by atoms with E-state index < -0.39 is 0 Å². The van der Waals surface area contributed by atoms with Crippen LogP contribution in [0.1, 0.15) is 40.9 Å². The molecule has 1 aliphatic rings. The topological polar surface area (TPSA) is 151 Å². The van der Waals surface area contributed by atoms with E-state index in [9.17, 15) is 4.79 Å². The van der Waals surface area contributed by atoms with Gasteiger partial charge in [-0.3, -0.25) is 4.79 Å². The van der Waals surface area contributed by atoms with Crippen LogP contribution in [-0.4, -0.2) is 36.6 Å². The zero-order valence-electron chi connectivity index (χ0n) is 31.7. The summed E-state index contributed by atoms with van der Waals surface area (Å²) in [5, 5.41) is 26.5. The maximum atomic E-state index is 13.3. The largest absolute Gasteiger partial charge is 0.304 e. The number of aromatic nitrogens is 4. The number of nitrogens with one attached hydrogen (secondary N) is 2. The second-order valence-corrected chi connectivity index (χ2v) is 13.7. The second-order valence-electron chi connectivity index (χ2n) is 13.7. The molecule has 0 unspecified atom stereocenters. The summed E-state index contributed by atoms with van der Waals surface area (Å²) < 4.78 is 4.16. The molecule has 13 heteroatoms. The Hall–Kier alpha value is -7.93. The molecule has 58 heavy (non-hydrogen) atoms. The first kappa shape index (κ1) is 35.8. The molecule has 0 aliphatic heterocycles. The monoisotopic (exact) mass is 760 g/mol. The summed E-state index contributed by atoms with van der Waals surface area (Å²) in [5.41, 5.74) is 16.0. The van der Waals surface area contributed by atoms with Gasteiger partial charge in [0.05, 0.1) is 46.5 Å². The van der Waals surface area contributed by atoms with Crippen molar-refractivity contribution < 1.29 is 4.79 Å². The van der Waals surface area contributed by atoms with Crippen LogP contribution in [0.5, 0.6) is 0 Å². The minimum absolute atomic E-state index is 0.0577. The van der Waals surface area contributed by atoms with Crippen molar-refractivity contribution in [1.29, 1.82) is 0 Å². The summed E-state index contributed by atoms with van der Waals surface area (Å²) >= 11 is 0. The smallest absolute Gasteiger partial charge is 0.225 e. The Bertz CT molecular complexity index is 2740. The first-order valence-corrected chi connectivity index (χ1v) is 18.7. The van der Waals surface area contributed by atoms with Gasteiger partial charge in [0.1, 0.15) is 0 Å². The summed E-state index contributed by atoms with van der Waals surface area (Å²) in [6.45, 7) is 4.77. The molecule has 0 saturated heterocycles. The van der Waals surface area contributed by atoms with E-state index in [0.717, 1.165) is 44.3 Å². The predicted molar refractivity (Wildman–Crippen MR) is 228 cm³/mol. The van der Waals surface area contributed by atoms with E-state index in [1.807, 2.05) is 97.1 Å². The molecule has 0 fully saturated rings. The lowest BCUT2D eigenvalue weighted by Gasteiger charge is -2.08. The number of benzene rings is 6. The molecule has 13 nitrogen and oxygen atoms in total. The van der Waals surface area contributed by atoms with Crippen molar-refractivity contribution in [2.45, 2.75) is 26.9 Å². The number of amidine groups is 2. The van der Waals surface area contributed by atoms with Crippen molar-refractivity contribution in [3.63, 3.8) is 0 Å². The Balaban J connectivity index is 0.905. The average Bonchev–Trinajstić information content (AvgIpc) is 3.89. The lowest BCUT2D eigenvalue weighted by molar-refractivity contribution is 0.104. The third kappa shape index (κ3) is 7.39. The number of hydrogen-bond donors (Lipinski definition) is 2. The number of para-hydroxylation sites is 4. The first-order chi connectivity index (χ1) is 28.5. The maximum Gasteiger partial charge on any atom is 0.225 e. The highest BCUT2D eigenvalue weighted by atomic mass is 16.1. The van der Waals surface area contributed by atoms with Crippen LogP contribution in [0.2, 0.25) is 0 Å². The highest BCUT2D eigenvalue weighted by Crippen LogP contribution is 2.40. The van der Waals surface area contributed by atoms with Gasteiger partial charge in [-0.2, -0.15) is 10.2 Å². The number of nitrogens with zero attached hydrogens (tertiary/aromatic N) is 10. The summed E-state index contributed by atoms with van der Waals surface area (Å²) in [7, 11) is 0. The molecular formula is C45H36N12O. The van der Waals surface area contributed by atoms with E-state index in [2.05, 4.69) is 74.9 Å². The van der Waals surface area contributed by atoms with Gasteiger partial charge >= 0.3 is 0 Å². The number of hydrazone groups is 2. The van der Waals surface area contributed by atoms with Crippen LogP contribution in [-0.2, 0) is 13.1 Å². The molecule has 2 N–H and O–H groups in total. The van der Waals surface area contributed by atoms with Crippen LogP contribution in [0.3, 0.4) is 0 Å². The lowest BCUT2D eigenvalue weighted by atomic mass is 10.0. The molecule has 2 aromatic heterocycles. The summed E-state index contributed by atoms with van der Waals surface area (Å²) in [6.07, 6.45) is 0. The van der Waals surface area contributed by atoms with Gasteiger partial charge in [0, 0.05) is 11.1 Å². The van der Waals surface area contributed by atoms with E-state index in [1.54, 1.807) is 38.1 Å². The van der Waals surface area contributed by atoms with Gasteiger partial charge in [0.25, 0.3) is 0 Å². The number of hydrogen-bond acceptors (Lipinski definition) is 9. The zero-order chi connectivity index (χ0) is 39.4. The molecule has 2 heterocycles. The molecule has 8 aromatic rings. The van der Waals surface area contributed by atoms with Crippen LogP contribution in [0.4, 0.5) is 23.3 Å². The summed E-state index contributed by atoms with van der Waals surface area (Å²) in [4.78, 5) is 22.8. The van der Waals surface area contributed by atoms with Crippen LogP contribution < -0.4 is 10.9 Å². The molecule has 0 saturated carbocycles. The van der Waals surface area contributed by atoms with Crippen molar-refractivity contribution in [2.24, 2.45) is 30.7 Å². The van der Waals surface area contributed by atoms with Crippen molar-refractivity contribution in [1.82, 2.24) is 19.1 Å².